The molecule has 1 atom stereocenters. The molecule has 1 unspecified atom stereocenters. The molecule has 0 spiro atoms. The van der Waals surface area contributed by atoms with Crippen molar-refractivity contribution >= 4 is 5.69 Å². The Hall–Kier alpha value is -1.23. The minimum absolute atomic E-state index is 0.0400. The lowest BCUT2D eigenvalue weighted by molar-refractivity contribution is 0.446. The van der Waals surface area contributed by atoms with E-state index in [-0.39, 0.29) is 11.7 Å². The number of piperazine rings is 1. The van der Waals surface area contributed by atoms with Gasteiger partial charge in [0.25, 0.3) is 0 Å². The van der Waals surface area contributed by atoms with Gasteiger partial charge in [-0.25, -0.2) is 13.2 Å². The lowest BCUT2D eigenvalue weighted by Gasteiger charge is -2.37. The van der Waals surface area contributed by atoms with E-state index in [9.17, 15) is 13.2 Å². The standard InChI is InChI=1S/C12H15F3N2/c1-2-9-7-16-3-4-17(9)12-10(14)5-8(13)6-11(12)15/h5-6,9,16H,2-4,7H2,1H3. The van der Waals surface area contributed by atoms with Gasteiger partial charge in [-0.1, -0.05) is 6.92 Å². The minimum atomic E-state index is -0.882. The number of hydrogen-bond donors (Lipinski definition) is 1. The maximum atomic E-state index is 13.7. The fourth-order valence-electron chi connectivity index (χ4n) is 2.23. The fraction of sp³-hybridized carbons (Fsp3) is 0.500. The highest BCUT2D eigenvalue weighted by Crippen LogP contribution is 2.27. The van der Waals surface area contributed by atoms with Crippen LogP contribution in [0.15, 0.2) is 12.1 Å². The fourth-order valence-corrected chi connectivity index (χ4v) is 2.23. The van der Waals surface area contributed by atoms with Gasteiger partial charge in [0.1, 0.15) is 11.5 Å². The molecule has 1 aromatic carbocycles. The van der Waals surface area contributed by atoms with Gasteiger partial charge < -0.3 is 10.2 Å². The van der Waals surface area contributed by atoms with Gasteiger partial charge in [-0.05, 0) is 6.42 Å². The van der Waals surface area contributed by atoms with Crippen molar-refractivity contribution in [3.8, 4) is 0 Å². The van der Waals surface area contributed by atoms with Crippen LogP contribution >= 0.6 is 0 Å². The second kappa shape index (κ2) is 4.96. The molecule has 1 saturated heterocycles. The van der Waals surface area contributed by atoms with E-state index in [1.54, 1.807) is 4.90 Å². The van der Waals surface area contributed by atoms with E-state index in [0.29, 0.717) is 19.6 Å². The van der Waals surface area contributed by atoms with Crippen molar-refractivity contribution in [2.24, 2.45) is 0 Å². The minimum Gasteiger partial charge on any atom is -0.361 e. The monoisotopic (exact) mass is 244 g/mol. The van der Waals surface area contributed by atoms with Crippen molar-refractivity contribution in [3.63, 3.8) is 0 Å². The Morgan fingerprint density at radius 1 is 1.29 bits per heavy atom. The molecule has 0 aliphatic carbocycles. The third-order valence-electron chi connectivity index (χ3n) is 3.09. The summed E-state index contributed by atoms with van der Waals surface area (Å²) in [5, 5.41) is 3.18. The molecule has 94 valence electrons. The average molecular weight is 244 g/mol. The van der Waals surface area contributed by atoms with Gasteiger partial charge in [0.05, 0.1) is 0 Å². The molecule has 0 radical (unpaired) electrons. The first kappa shape index (κ1) is 12.2. The van der Waals surface area contributed by atoms with Crippen LogP contribution in [0.3, 0.4) is 0 Å². The Morgan fingerprint density at radius 3 is 2.53 bits per heavy atom. The molecule has 1 heterocycles. The molecule has 17 heavy (non-hydrogen) atoms. The maximum absolute atomic E-state index is 13.7. The number of hydrogen-bond acceptors (Lipinski definition) is 2. The summed E-state index contributed by atoms with van der Waals surface area (Å²) >= 11 is 0. The molecule has 1 aromatic rings. The molecule has 0 bridgehead atoms. The van der Waals surface area contributed by atoms with Crippen LogP contribution < -0.4 is 10.2 Å². The Kier molecular flexibility index (Phi) is 3.57. The van der Waals surface area contributed by atoms with Crippen molar-refractivity contribution in [1.29, 1.82) is 0 Å². The van der Waals surface area contributed by atoms with Gasteiger partial charge in [-0.3, -0.25) is 0 Å². The van der Waals surface area contributed by atoms with Crippen LogP contribution in [0.2, 0.25) is 0 Å². The number of halogens is 3. The van der Waals surface area contributed by atoms with Crippen LogP contribution in [-0.2, 0) is 0 Å². The zero-order valence-corrected chi connectivity index (χ0v) is 9.64. The molecule has 2 rings (SSSR count). The van der Waals surface area contributed by atoms with E-state index < -0.39 is 17.5 Å². The van der Waals surface area contributed by atoms with Crippen LogP contribution in [0.5, 0.6) is 0 Å². The van der Waals surface area contributed by atoms with Crippen molar-refractivity contribution < 1.29 is 13.2 Å². The summed E-state index contributed by atoms with van der Waals surface area (Å²) < 4.78 is 40.2. The summed E-state index contributed by atoms with van der Waals surface area (Å²) in [5.41, 5.74) is -0.111. The zero-order valence-electron chi connectivity index (χ0n) is 9.64. The summed E-state index contributed by atoms with van der Waals surface area (Å²) in [7, 11) is 0. The van der Waals surface area contributed by atoms with Crippen molar-refractivity contribution in [2.75, 3.05) is 24.5 Å². The Bertz CT molecular complexity index is 386. The largest absolute Gasteiger partial charge is 0.361 e. The van der Waals surface area contributed by atoms with Gasteiger partial charge in [0.15, 0.2) is 11.6 Å². The summed E-state index contributed by atoms with van der Waals surface area (Å²) in [6.07, 6.45) is 0.781. The number of nitrogens with zero attached hydrogens (tertiary/aromatic N) is 1. The van der Waals surface area contributed by atoms with Gasteiger partial charge in [0, 0.05) is 37.8 Å². The van der Waals surface area contributed by atoms with Crippen LogP contribution in [0, 0.1) is 17.5 Å². The third-order valence-corrected chi connectivity index (χ3v) is 3.09. The van der Waals surface area contributed by atoms with Crippen LogP contribution in [-0.4, -0.2) is 25.7 Å². The zero-order chi connectivity index (χ0) is 12.4. The van der Waals surface area contributed by atoms with Crippen molar-refractivity contribution in [2.45, 2.75) is 19.4 Å². The van der Waals surface area contributed by atoms with Gasteiger partial charge in [-0.15, -0.1) is 0 Å². The topological polar surface area (TPSA) is 15.3 Å². The smallest absolute Gasteiger partial charge is 0.152 e. The molecular formula is C12H15F3N2. The summed E-state index contributed by atoms with van der Waals surface area (Å²) in [4.78, 5) is 1.68. The first-order valence-electron chi connectivity index (χ1n) is 5.75. The normalized spacial score (nSPS) is 20.7. The highest BCUT2D eigenvalue weighted by Gasteiger charge is 2.26. The van der Waals surface area contributed by atoms with E-state index in [1.165, 1.54) is 0 Å². The van der Waals surface area contributed by atoms with Crippen molar-refractivity contribution in [1.82, 2.24) is 5.32 Å². The van der Waals surface area contributed by atoms with E-state index in [0.717, 1.165) is 18.6 Å². The van der Waals surface area contributed by atoms with E-state index in [1.807, 2.05) is 6.92 Å². The number of benzene rings is 1. The lowest BCUT2D eigenvalue weighted by Crippen LogP contribution is -2.51. The number of anilines is 1. The molecule has 0 aromatic heterocycles. The van der Waals surface area contributed by atoms with Gasteiger partial charge >= 0.3 is 0 Å². The number of rotatable bonds is 2. The van der Waals surface area contributed by atoms with Gasteiger partial charge in [-0.2, -0.15) is 0 Å². The van der Waals surface area contributed by atoms with E-state index >= 15 is 0 Å². The first-order valence-corrected chi connectivity index (χ1v) is 5.75. The molecule has 0 amide bonds. The highest BCUT2D eigenvalue weighted by molar-refractivity contribution is 5.51. The SMILES string of the molecule is CCC1CNCCN1c1c(F)cc(F)cc1F. The van der Waals surface area contributed by atoms with Crippen LogP contribution in [0.1, 0.15) is 13.3 Å². The predicted molar refractivity (Wildman–Crippen MR) is 60.6 cm³/mol. The first-order chi connectivity index (χ1) is 8.13. The summed E-state index contributed by atoms with van der Waals surface area (Å²) in [6.45, 7) is 3.85. The highest BCUT2D eigenvalue weighted by atomic mass is 19.1. The molecule has 2 nitrogen and oxygen atoms in total. The lowest BCUT2D eigenvalue weighted by atomic mass is 10.1. The summed E-state index contributed by atoms with van der Waals surface area (Å²) in [6, 6.07) is 1.50. The maximum Gasteiger partial charge on any atom is 0.152 e. The number of nitrogens with one attached hydrogen (secondary N) is 1. The van der Waals surface area contributed by atoms with Gasteiger partial charge in [0.2, 0.25) is 0 Å². The molecule has 1 fully saturated rings. The summed E-state index contributed by atoms with van der Waals surface area (Å²) in [5.74, 6) is -2.54. The van der Waals surface area contributed by atoms with Crippen LogP contribution in [0.25, 0.3) is 0 Å². The Balaban J connectivity index is 2.38. The second-order valence-electron chi connectivity index (χ2n) is 4.18. The quantitative estimate of drug-likeness (QED) is 0.858. The van der Waals surface area contributed by atoms with E-state index in [2.05, 4.69) is 5.32 Å². The van der Waals surface area contributed by atoms with Crippen LogP contribution in [0.4, 0.5) is 18.9 Å². The Morgan fingerprint density at radius 2 is 1.94 bits per heavy atom. The third kappa shape index (κ3) is 2.39. The molecule has 1 aliphatic rings. The Labute approximate surface area is 98.4 Å². The average Bonchev–Trinajstić information content (AvgIpc) is 2.28. The molecule has 0 saturated carbocycles. The second-order valence-corrected chi connectivity index (χ2v) is 4.18. The predicted octanol–water partition coefficient (Wildman–Crippen LogP) is 2.29. The molecular weight excluding hydrogens is 229 g/mol. The van der Waals surface area contributed by atoms with E-state index in [4.69, 9.17) is 0 Å². The molecule has 5 heteroatoms. The van der Waals surface area contributed by atoms with Crippen molar-refractivity contribution in [3.05, 3.63) is 29.6 Å². The molecule has 1 aliphatic heterocycles. The molecule has 1 N–H and O–H groups in total.